The van der Waals surface area contributed by atoms with Crippen LogP contribution in [0.2, 0.25) is 0 Å². The Morgan fingerprint density at radius 2 is 2.04 bits per heavy atom. The average molecular weight is 354 g/mol. The van der Waals surface area contributed by atoms with E-state index in [-0.39, 0.29) is 23.4 Å². The van der Waals surface area contributed by atoms with Gasteiger partial charge in [-0.15, -0.1) is 0 Å². The molecule has 1 atom stereocenters. The average Bonchev–Trinajstić information content (AvgIpc) is 2.50. The van der Waals surface area contributed by atoms with Crippen LogP contribution in [-0.4, -0.2) is 37.2 Å². The van der Waals surface area contributed by atoms with Gasteiger partial charge in [0.2, 0.25) is 10.0 Å². The number of sulfonamides is 1. The third-order valence-electron chi connectivity index (χ3n) is 3.08. The summed E-state index contributed by atoms with van der Waals surface area (Å²) in [7, 11) is -3.46. The molecule has 0 radical (unpaired) electrons. The number of aliphatic carboxylic acids is 1. The van der Waals surface area contributed by atoms with E-state index in [2.05, 4.69) is 10.0 Å². The number of hydrogen-bond acceptors (Lipinski definition) is 4. The van der Waals surface area contributed by atoms with E-state index in [0.29, 0.717) is 6.42 Å². The SMILES string of the molecule is C/C=C/CC(NC(=O)c1cccc(NS(=O)(=O)CCC)c1)C(=O)O. The summed E-state index contributed by atoms with van der Waals surface area (Å²) >= 11 is 0. The number of allylic oxidation sites excluding steroid dienone is 1. The number of carboxylic acids is 1. The Kier molecular flexibility index (Phi) is 7.44. The van der Waals surface area contributed by atoms with Crippen molar-refractivity contribution < 1.29 is 23.1 Å². The van der Waals surface area contributed by atoms with E-state index in [4.69, 9.17) is 5.11 Å². The number of carbonyl (C=O) groups is 2. The maximum absolute atomic E-state index is 12.2. The van der Waals surface area contributed by atoms with Gasteiger partial charge >= 0.3 is 5.97 Å². The standard InChI is InChI=1S/C16H22N2O5S/c1-3-5-9-14(16(20)21)17-15(19)12-7-6-8-13(11-12)18-24(22,23)10-4-2/h3,5-8,11,14,18H,4,9-10H2,1-2H3,(H,17,19)(H,20,21)/b5-3+. The minimum Gasteiger partial charge on any atom is -0.480 e. The zero-order valence-electron chi connectivity index (χ0n) is 13.7. The summed E-state index contributed by atoms with van der Waals surface area (Å²) in [6.07, 6.45) is 3.99. The minimum absolute atomic E-state index is 0.0200. The fraction of sp³-hybridized carbons (Fsp3) is 0.375. The molecular weight excluding hydrogens is 332 g/mol. The monoisotopic (exact) mass is 354 g/mol. The van der Waals surface area contributed by atoms with Gasteiger partial charge in [-0.25, -0.2) is 13.2 Å². The highest BCUT2D eigenvalue weighted by Gasteiger charge is 2.19. The highest BCUT2D eigenvalue weighted by molar-refractivity contribution is 7.92. The van der Waals surface area contributed by atoms with E-state index in [1.165, 1.54) is 24.3 Å². The smallest absolute Gasteiger partial charge is 0.326 e. The predicted octanol–water partition coefficient (Wildman–Crippen LogP) is 1.99. The summed E-state index contributed by atoms with van der Waals surface area (Å²) < 4.78 is 25.9. The van der Waals surface area contributed by atoms with Gasteiger partial charge in [0.25, 0.3) is 5.91 Å². The van der Waals surface area contributed by atoms with Gasteiger partial charge in [0.1, 0.15) is 6.04 Å². The number of carboxylic acid groups (broad SMARTS) is 1. The molecular formula is C16H22N2O5S. The lowest BCUT2D eigenvalue weighted by atomic mass is 10.1. The summed E-state index contributed by atoms with van der Waals surface area (Å²) in [5.74, 6) is -1.74. The summed E-state index contributed by atoms with van der Waals surface area (Å²) in [6, 6.07) is 4.87. The number of amides is 1. The molecule has 0 aliphatic carbocycles. The molecule has 0 aliphatic heterocycles. The lowest BCUT2D eigenvalue weighted by Crippen LogP contribution is -2.40. The second kappa shape index (κ2) is 9.07. The van der Waals surface area contributed by atoms with Gasteiger partial charge in [0.15, 0.2) is 0 Å². The number of nitrogens with one attached hydrogen (secondary N) is 2. The van der Waals surface area contributed by atoms with Crippen molar-refractivity contribution in [1.82, 2.24) is 5.32 Å². The molecule has 7 nitrogen and oxygen atoms in total. The van der Waals surface area contributed by atoms with Gasteiger partial charge in [0, 0.05) is 11.3 Å². The van der Waals surface area contributed by atoms with Crippen LogP contribution in [0.15, 0.2) is 36.4 Å². The highest BCUT2D eigenvalue weighted by atomic mass is 32.2. The molecule has 0 fully saturated rings. The summed E-state index contributed by atoms with van der Waals surface area (Å²) in [6.45, 7) is 3.51. The molecule has 1 unspecified atom stereocenters. The van der Waals surface area contributed by atoms with Crippen LogP contribution >= 0.6 is 0 Å². The Morgan fingerprint density at radius 3 is 2.62 bits per heavy atom. The molecule has 0 spiro atoms. The number of benzene rings is 1. The van der Waals surface area contributed by atoms with Crippen molar-refractivity contribution in [3.05, 3.63) is 42.0 Å². The van der Waals surface area contributed by atoms with Crippen LogP contribution in [-0.2, 0) is 14.8 Å². The molecule has 0 bridgehead atoms. The first-order valence-electron chi connectivity index (χ1n) is 7.54. The number of carbonyl (C=O) groups excluding carboxylic acids is 1. The van der Waals surface area contributed by atoms with Gasteiger partial charge < -0.3 is 10.4 Å². The molecule has 0 heterocycles. The molecule has 24 heavy (non-hydrogen) atoms. The molecule has 1 aromatic carbocycles. The lowest BCUT2D eigenvalue weighted by molar-refractivity contribution is -0.139. The van der Waals surface area contributed by atoms with Crippen molar-refractivity contribution >= 4 is 27.6 Å². The van der Waals surface area contributed by atoms with E-state index in [9.17, 15) is 18.0 Å². The van der Waals surface area contributed by atoms with E-state index < -0.39 is 27.9 Å². The molecule has 132 valence electrons. The topological polar surface area (TPSA) is 113 Å². The van der Waals surface area contributed by atoms with Crippen molar-refractivity contribution in [3.63, 3.8) is 0 Å². The maximum Gasteiger partial charge on any atom is 0.326 e. The normalized spacial score (nSPS) is 12.8. The third-order valence-corrected chi connectivity index (χ3v) is 4.57. The van der Waals surface area contributed by atoms with E-state index in [1.54, 1.807) is 26.0 Å². The lowest BCUT2D eigenvalue weighted by Gasteiger charge is -2.13. The van der Waals surface area contributed by atoms with E-state index >= 15 is 0 Å². The molecule has 8 heteroatoms. The van der Waals surface area contributed by atoms with Crippen LogP contribution in [0.5, 0.6) is 0 Å². The van der Waals surface area contributed by atoms with Crippen LogP contribution in [0, 0.1) is 0 Å². The van der Waals surface area contributed by atoms with Crippen LogP contribution in [0.25, 0.3) is 0 Å². The Balaban J connectivity index is 2.88. The second-order valence-corrected chi connectivity index (χ2v) is 7.01. The van der Waals surface area contributed by atoms with Crippen LogP contribution in [0.4, 0.5) is 5.69 Å². The molecule has 0 saturated carbocycles. The zero-order valence-corrected chi connectivity index (χ0v) is 14.5. The highest BCUT2D eigenvalue weighted by Crippen LogP contribution is 2.13. The van der Waals surface area contributed by atoms with Gasteiger partial charge in [-0.1, -0.05) is 25.1 Å². The first-order valence-corrected chi connectivity index (χ1v) is 9.19. The quantitative estimate of drug-likeness (QED) is 0.587. The van der Waals surface area contributed by atoms with Crippen molar-refractivity contribution in [3.8, 4) is 0 Å². The predicted molar refractivity (Wildman–Crippen MR) is 92.5 cm³/mol. The molecule has 3 N–H and O–H groups in total. The Hall–Kier alpha value is -2.35. The fourth-order valence-corrected chi connectivity index (χ4v) is 3.08. The van der Waals surface area contributed by atoms with E-state index in [1.807, 2.05) is 0 Å². The zero-order chi connectivity index (χ0) is 18.2. The minimum atomic E-state index is -3.46. The van der Waals surface area contributed by atoms with Gasteiger partial charge in [-0.05, 0) is 38.0 Å². The molecule has 1 aromatic rings. The second-order valence-electron chi connectivity index (χ2n) is 5.17. The van der Waals surface area contributed by atoms with Gasteiger partial charge in [0.05, 0.1) is 5.75 Å². The van der Waals surface area contributed by atoms with Crippen molar-refractivity contribution in [2.75, 3.05) is 10.5 Å². The van der Waals surface area contributed by atoms with Crippen LogP contribution < -0.4 is 10.0 Å². The first-order chi connectivity index (χ1) is 11.3. The fourth-order valence-electron chi connectivity index (χ4n) is 1.96. The maximum atomic E-state index is 12.2. The van der Waals surface area contributed by atoms with Crippen molar-refractivity contribution in [2.45, 2.75) is 32.7 Å². The number of hydrogen-bond donors (Lipinski definition) is 3. The summed E-state index contributed by atoms with van der Waals surface area (Å²) in [5.41, 5.74) is 0.440. The Labute approximate surface area is 141 Å². The number of rotatable bonds is 9. The molecule has 0 aromatic heterocycles. The third kappa shape index (κ3) is 6.41. The van der Waals surface area contributed by atoms with Gasteiger partial charge in [-0.2, -0.15) is 0 Å². The Bertz CT molecular complexity index is 713. The van der Waals surface area contributed by atoms with Crippen LogP contribution in [0.3, 0.4) is 0 Å². The molecule has 0 aliphatic rings. The molecule has 0 saturated heterocycles. The first kappa shape index (κ1) is 19.7. The van der Waals surface area contributed by atoms with Crippen LogP contribution in [0.1, 0.15) is 37.0 Å². The van der Waals surface area contributed by atoms with Crippen molar-refractivity contribution in [2.24, 2.45) is 0 Å². The summed E-state index contributed by atoms with van der Waals surface area (Å²) in [5, 5.41) is 11.5. The summed E-state index contributed by atoms with van der Waals surface area (Å²) in [4.78, 5) is 23.3. The largest absolute Gasteiger partial charge is 0.480 e. The Morgan fingerprint density at radius 1 is 1.33 bits per heavy atom. The molecule has 1 amide bonds. The molecule has 1 rings (SSSR count). The number of anilines is 1. The van der Waals surface area contributed by atoms with Gasteiger partial charge in [-0.3, -0.25) is 9.52 Å². The van der Waals surface area contributed by atoms with E-state index in [0.717, 1.165) is 0 Å². The van der Waals surface area contributed by atoms with Crippen molar-refractivity contribution in [1.29, 1.82) is 0 Å².